The lowest BCUT2D eigenvalue weighted by molar-refractivity contribution is -0.142. The Morgan fingerprint density at radius 2 is 1.55 bits per heavy atom. The number of carbonyl (C=O) groups is 1. The minimum atomic E-state index is -0.892. The molecule has 0 radical (unpaired) electrons. The summed E-state index contributed by atoms with van der Waals surface area (Å²) in [5.74, 6) is -0.824. The van der Waals surface area contributed by atoms with E-state index in [1.54, 1.807) is 6.92 Å². The summed E-state index contributed by atoms with van der Waals surface area (Å²) in [7, 11) is 0. The van der Waals surface area contributed by atoms with Crippen molar-refractivity contribution in [1.82, 2.24) is 0 Å². The van der Waals surface area contributed by atoms with E-state index in [4.69, 9.17) is 9.84 Å². The van der Waals surface area contributed by atoms with E-state index in [0.717, 1.165) is 25.7 Å². The topological polar surface area (TPSA) is 49.8 Å². The van der Waals surface area contributed by atoms with Gasteiger partial charge in [-0.3, -0.25) is 0 Å². The van der Waals surface area contributed by atoms with Gasteiger partial charge < -0.3 is 9.84 Å². The second kappa shape index (κ2) is 10.8. The highest BCUT2D eigenvalue weighted by Gasteiger charge is 2.58. The van der Waals surface area contributed by atoms with Crippen LogP contribution >= 0.6 is 0 Å². The van der Waals surface area contributed by atoms with Crippen LogP contribution in [0.4, 0.5) is 0 Å². The monoisotopic (exact) mass is 310 g/mol. The molecule has 0 amide bonds. The minimum absolute atomic E-state index is 0.0618. The van der Waals surface area contributed by atoms with Crippen molar-refractivity contribution in [1.29, 1.82) is 0 Å². The quantitative estimate of drug-likeness (QED) is 0.262. The Morgan fingerprint density at radius 3 is 2.09 bits per heavy atom. The molecule has 1 aliphatic heterocycles. The average Bonchev–Trinajstić information content (AvgIpc) is 3.16. The molecule has 2 unspecified atom stereocenters. The van der Waals surface area contributed by atoms with Crippen molar-refractivity contribution < 1.29 is 14.6 Å². The van der Waals surface area contributed by atoms with Crippen molar-refractivity contribution >= 4 is 5.97 Å². The van der Waals surface area contributed by atoms with Crippen LogP contribution in [-0.2, 0) is 9.53 Å². The lowest BCUT2D eigenvalue weighted by Crippen LogP contribution is -2.22. The zero-order chi connectivity index (χ0) is 16.3. The number of allylic oxidation sites excluding steroid dienone is 2. The highest BCUT2D eigenvalue weighted by atomic mass is 16.6. The van der Waals surface area contributed by atoms with Crippen LogP contribution in [0, 0.1) is 0 Å². The summed E-state index contributed by atoms with van der Waals surface area (Å²) in [6, 6.07) is 0. The Balaban J connectivity index is 1.82. The maximum Gasteiger partial charge on any atom is 0.338 e. The normalized spacial score (nSPS) is 24.0. The number of carboxylic acid groups (broad SMARTS) is 1. The fourth-order valence-electron chi connectivity index (χ4n) is 2.83. The first kappa shape index (κ1) is 19.2. The Bertz CT molecular complexity index is 338. The summed E-state index contributed by atoms with van der Waals surface area (Å²) >= 11 is 0. The summed E-state index contributed by atoms with van der Waals surface area (Å²) in [4.78, 5) is 10.9. The molecule has 0 saturated carbocycles. The Kier molecular flexibility index (Phi) is 9.45. The second-order valence-electron chi connectivity index (χ2n) is 6.68. The van der Waals surface area contributed by atoms with Crippen LogP contribution in [0.15, 0.2) is 12.2 Å². The highest BCUT2D eigenvalue weighted by molar-refractivity contribution is 5.80. The summed E-state index contributed by atoms with van der Waals surface area (Å²) < 4.78 is 5.26. The smallest absolute Gasteiger partial charge is 0.338 e. The SMILES string of the molecule is CCCCCCCCC=CCCCCCC1OC1(C)C(=O)O. The van der Waals surface area contributed by atoms with Gasteiger partial charge in [-0.05, 0) is 39.0 Å². The zero-order valence-electron chi connectivity index (χ0n) is 14.5. The molecule has 0 spiro atoms. The largest absolute Gasteiger partial charge is 0.479 e. The molecule has 1 aliphatic rings. The molecule has 2 atom stereocenters. The third-order valence-electron chi connectivity index (χ3n) is 4.60. The predicted molar refractivity (Wildman–Crippen MR) is 91.1 cm³/mol. The summed E-state index contributed by atoms with van der Waals surface area (Å²) in [5, 5.41) is 8.95. The molecular formula is C19H34O3. The van der Waals surface area contributed by atoms with Gasteiger partial charge in [-0.2, -0.15) is 0 Å². The molecular weight excluding hydrogens is 276 g/mol. The van der Waals surface area contributed by atoms with Crippen molar-refractivity contribution in [3.05, 3.63) is 12.2 Å². The van der Waals surface area contributed by atoms with Crippen LogP contribution in [0.2, 0.25) is 0 Å². The van der Waals surface area contributed by atoms with E-state index in [1.807, 2.05) is 0 Å². The van der Waals surface area contributed by atoms with E-state index in [-0.39, 0.29) is 6.10 Å². The molecule has 1 N–H and O–H groups in total. The first-order valence-electron chi connectivity index (χ1n) is 9.17. The van der Waals surface area contributed by atoms with Crippen LogP contribution in [0.5, 0.6) is 0 Å². The van der Waals surface area contributed by atoms with Gasteiger partial charge in [-0.1, -0.05) is 64.0 Å². The van der Waals surface area contributed by atoms with E-state index in [9.17, 15) is 4.79 Å². The number of unbranched alkanes of at least 4 members (excludes halogenated alkanes) is 9. The molecule has 0 aromatic heterocycles. The summed E-state index contributed by atoms with van der Waals surface area (Å²) in [5.41, 5.74) is -0.892. The molecule has 128 valence electrons. The number of hydrogen-bond donors (Lipinski definition) is 1. The van der Waals surface area contributed by atoms with Gasteiger partial charge in [-0.25, -0.2) is 4.79 Å². The molecule has 1 heterocycles. The van der Waals surface area contributed by atoms with Gasteiger partial charge >= 0.3 is 5.97 Å². The fourth-order valence-corrected chi connectivity index (χ4v) is 2.83. The lowest BCUT2D eigenvalue weighted by Gasteiger charge is -2.00. The number of ether oxygens (including phenoxy) is 1. The van der Waals surface area contributed by atoms with E-state index >= 15 is 0 Å². The standard InChI is InChI=1S/C19H34O3/c1-3-4-5-6-7-8-9-10-11-12-13-14-15-16-17-19(2,22-17)18(20)21/h10-11,17H,3-9,12-16H2,1-2H3,(H,20,21). The Hall–Kier alpha value is -0.830. The number of epoxide rings is 1. The third-order valence-corrected chi connectivity index (χ3v) is 4.60. The van der Waals surface area contributed by atoms with Gasteiger partial charge in [0.15, 0.2) is 5.60 Å². The first-order valence-corrected chi connectivity index (χ1v) is 9.17. The predicted octanol–water partition coefficient (Wildman–Crippen LogP) is 5.49. The maximum absolute atomic E-state index is 10.9. The van der Waals surface area contributed by atoms with E-state index in [0.29, 0.717) is 0 Å². The first-order chi connectivity index (χ1) is 10.6. The second-order valence-corrected chi connectivity index (χ2v) is 6.68. The molecule has 22 heavy (non-hydrogen) atoms. The maximum atomic E-state index is 10.9. The van der Waals surface area contributed by atoms with Gasteiger partial charge in [0.05, 0.1) is 6.10 Å². The third kappa shape index (κ3) is 7.44. The highest BCUT2D eigenvalue weighted by Crippen LogP contribution is 2.39. The van der Waals surface area contributed by atoms with Gasteiger partial charge in [0.2, 0.25) is 0 Å². The molecule has 0 aliphatic carbocycles. The number of carboxylic acids is 1. The molecule has 1 fully saturated rings. The van der Waals surface area contributed by atoms with Crippen LogP contribution in [0.1, 0.15) is 90.9 Å². The van der Waals surface area contributed by atoms with Crippen molar-refractivity contribution in [3.63, 3.8) is 0 Å². The number of rotatable bonds is 14. The van der Waals surface area contributed by atoms with Crippen LogP contribution in [0.25, 0.3) is 0 Å². The Morgan fingerprint density at radius 1 is 1.00 bits per heavy atom. The van der Waals surface area contributed by atoms with E-state index in [1.165, 1.54) is 51.4 Å². The van der Waals surface area contributed by atoms with Gasteiger partial charge in [0.1, 0.15) is 0 Å². The van der Waals surface area contributed by atoms with Gasteiger partial charge in [-0.15, -0.1) is 0 Å². The van der Waals surface area contributed by atoms with Crippen molar-refractivity contribution in [2.75, 3.05) is 0 Å². The molecule has 1 rings (SSSR count). The number of aliphatic carboxylic acids is 1. The van der Waals surface area contributed by atoms with Crippen LogP contribution in [0.3, 0.4) is 0 Å². The zero-order valence-corrected chi connectivity index (χ0v) is 14.5. The fraction of sp³-hybridized carbons (Fsp3) is 0.842. The minimum Gasteiger partial charge on any atom is -0.479 e. The lowest BCUT2D eigenvalue weighted by atomic mass is 10.0. The van der Waals surface area contributed by atoms with E-state index < -0.39 is 11.6 Å². The number of hydrogen-bond acceptors (Lipinski definition) is 2. The van der Waals surface area contributed by atoms with Crippen molar-refractivity contribution in [2.45, 2.75) is 103 Å². The summed E-state index contributed by atoms with van der Waals surface area (Å²) in [6.07, 6.45) is 19.4. The van der Waals surface area contributed by atoms with Crippen LogP contribution < -0.4 is 0 Å². The molecule has 3 heteroatoms. The molecule has 3 nitrogen and oxygen atoms in total. The van der Waals surface area contributed by atoms with Crippen molar-refractivity contribution in [3.8, 4) is 0 Å². The van der Waals surface area contributed by atoms with Gasteiger partial charge in [0, 0.05) is 0 Å². The summed E-state index contributed by atoms with van der Waals surface area (Å²) in [6.45, 7) is 3.93. The van der Waals surface area contributed by atoms with Gasteiger partial charge in [0.25, 0.3) is 0 Å². The molecule has 0 aromatic rings. The Labute approximate surface area is 136 Å². The van der Waals surface area contributed by atoms with Crippen LogP contribution in [-0.4, -0.2) is 22.8 Å². The molecule has 0 bridgehead atoms. The molecule has 1 saturated heterocycles. The molecule has 0 aromatic carbocycles. The average molecular weight is 310 g/mol. The van der Waals surface area contributed by atoms with E-state index in [2.05, 4.69) is 19.1 Å². The van der Waals surface area contributed by atoms with Crippen molar-refractivity contribution in [2.24, 2.45) is 0 Å².